The third-order valence-electron chi connectivity index (χ3n) is 4.33. The molecular weight excluding hydrogens is 392 g/mol. The van der Waals surface area contributed by atoms with Gasteiger partial charge in [0, 0.05) is 40.5 Å². The maximum atomic E-state index is 12.7. The van der Waals surface area contributed by atoms with E-state index in [1.165, 1.54) is 35.9 Å². The van der Waals surface area contributed by atoms with Gasteiger partial charge < -0.3 is 4.74 Å². The summed E-state index contributed by atoms with van der Waals surface area (Å²) in [6, 6.07) is 7.43. The van der Waals surface area contributed by atoms with Crippen LogP contribution in [0.4, 0.5) is 5.13 Å². The van der Waals surface area contributed by atoms with Crippen LogP contribution in [0.15, 0.2) is 52.8 Å². The first kappa shape index (κ1) is 18.9. The standard InChI is InChI=1S/C20H20N4O2S2/c1-13-12-22-20(27-13)24-19(25)17-10-15(26-14-4-2-3-5-14)11-18(23-17)28-16-6-8-21-9-7-16/h6-12,14H,2-5H2,1H3,(H,22,24,25). The van der Waals surface area contributed by atoms with E-state index in [0.29, 0.717) is 21.6 Å². The number of carbonyl (C=O) groups is 1. The van der Waals surface area contributed by atoms with E-state index in [9.17, 15) is 4.79 Å². The Morgan fingerprint density at radius 1 is 1.25 bits per heavy atom. The Morgan fingerprint density at radius 3 is 2.75 bits per heavy atom. The number of amides is 1. The van der Waals surface area contributed by atoms with Gasteiger partial charge in [-0.05, 0) is 44.7 Å². The number of carbonyl (C=O) groups excluding carboxylic acids is 1. The highest BCUT2D eigenvalue weighted by atomic mass is 32.2. The molecule has 3 heterocycles. The molecule has 1 saturated carbocycles. The molecule has 6 nitrogen and oxygen atoms in total. The van der Waals surface area contributed by atoms with E-state index < -0.39 is 0 Å². The lowest BCUT2D eigenvalue weighted by Crippen LogP contribution is -2.16. The van der Waals surface area contributed by atoms with Gasteiger partial charge in [-0.15, -0.1) is 11.3 Å². The quantitative estimate of drug-likeness (QED) is 0.616. The summed E-state index contributed by atoms with van der Waals surface area (Å²) < 4.78 is 6.14. The largest absolute Gasteiger partial charge is 0.490 e. The Kier molecular flexibility index (Phi) is 5.87. The third-order valence-corrected chi connectivity index (χ3v) is 6.08. The molecule has 1 N–H and O–H groups in total. The summed E-state index contributed by atoms with van der Waals surface area (Å²) in [5.74, 6) is 0.390. The topological polar surface area (TPSA) is 77.0 Å². The Balaban J connectivity index is 1.59. The van der Waals surface area contributed by atoms with Gasteiger partial charge >= 0.3 is 0 Å². The number of aryl methyl sites for hydroxylation is 1. The molecule has 0 unspecified atom stereocenters. The molecular formula is C20H20N4O2S2. The van der Waals surface area contributed by atoms with E-state index in [1.54, 1.807) is 24.7 Å². The number of rotatable bonds is 6. The van der Waals surface area contributed by atoms with Crippen molar-refractivity contribution in [3.8, 4) is 5.75 Å². The molecule has 4 rings (SSSR count). The van der Waals surface area contributed by atoms with Gasteiger partial charge in [0.05, 0.1) is 6.10 Å². The van der Waals surface area contributed by atoms with Crippen LogP contribution in [-0.2, 0) is 0 Å². The average molecular weight is 413 g/mol. The van der Waals surface area contributed by atoms with E-state index in [4.69, 9.17) is 4.74 Å². The first-order chi connectivity index (χ1) is 13.7. The number of hydrogen-bond donors (Lipinski definition) is 1. The van der Waals surface area contributed by atoms with Crippen LogP contribution in [0.25, 0.3) is 0 Å². The molecule has 28 heavy (non-hydrogen) atoms. The third kappa shape index (κ3) is 4.88. The summed E-state index contributed by atoms with van der Waals surface area (Å²) in [6.45, 7) is 1.95. The van der Waals surface area contributed by atoms with Crippen molar-refractivity contribution in [2.75, 3.05) is 5.32 Å². The summed E-state index contributed by atoms with van der Waals surface area (Å²) in [5, 5.41) is 4.10. The second-order valence-corrected chi connectivity index (χ2v) is 8.89. The summed E-state index contributed by atoms with van der Waals surface area (Å²) in [5.41, 5.74) is 0.319. The lowest BCUT2D eigenvalue weighted by molar-refractivity contribution is 0.102. The SMILES string of the molecule is Cc1cnc(NC(=O)c2cc(OC3CCCC3)cc(Sc3ccncc3)n2)s1. The van der Waals surface area contributed by atoms with Crippen LogP contribution < -0.4 is 10.1 Å². The number of ether oxygens (including phenoxy) is 1. The Hall–Kier alpha value is -2.45. The number of thiazole rings is 1. The Morgan fingerprint density at radius 2 is 2.04 bits per heavy atom. The molecule has 0 radical (unpaired) electrons. The van der Waals surface area contributed by atoms with Crippen molar-refractivity contribution in [2.24, 2.45) is 0 Å². The molecule has 0 aromatic carbocycles. The van der Waals surface area contributed by atoms with Crippen LogP contribution in [-0.4, -0.2) is 27.0 Å². The fourth-order valence-corrected chi connectivity index (χ4v) is 4.50. The van der Waals surface area contributed by atoms with Gasteiger partial charge in [-0.3, -0.25) is 15.1 Å². The van der Waals surface area contributed by atoms with Gasteiger partial charge in [0.2, 0.25) is 0 Å². The summed E-state index contributed by atoms with van der Waals surface area (Å²) >= 11 is 2.91. The van der Waals surface area contributed by atoms with Crippen LogP contribution in [0.2, 0.25) is 0 Å². The number of pyridine rings is 2. The van der Waals surface area contributed by atoms with Gasteiger partial charge in [0.25, 0.3) is 5.91 Å². The summed E-state index contributed by atoms with van der Waals surface area (Å²) in [7, 11) is 0. The van der Waals surface area contributed by atoms with Gasteiger partial charge in [0.1, 0.15) is 16.5 Å². The van der Waals surface area contributed by atoms with Crippen molar-refractivity contribution in [2.45, 2.75) is 48.6 Å². The molecule has 0 spiro atoms. The molecule has 3 aromatic rings. The lowest BCUT2D eigenvalue weighted by atomic mass is 10.3. The molecule has 0 aliphatic heterocycles. The van der Waals surface area contributed by atoms with Crippen molar-refractivity contribution in [3.63, 3.8) is 0 Å². The summed E-state index contributed by atoms with van der Waals surface area (Å²) in [6.07, 6.45) is 9.89. The molecule has 0 bridgehead atoms. The molecule has 1 amide bonds. The second kappa shape index (κ2) is 8.70. The zero-order valence-corrected chi connectivity index (χ0v) is 17.1. The number of aromatic nitrogens is 3. The van der Waals surface area contributed by atoms with Crippen molar-refractivity contribution in [3.05, 3.63) is 53.4 Å². The van der Waals surface area contributed by atoms with Crippen molar-refractivity contribution >= 4 is 34.1 Å². The Labute approximate surface area is 171 Å². The highest BCUT2D eigenvalue weighted by molar-refractivity contribution is 7.99. The molecule has 3 aromatic heterocycles. The number of nitrogens with zero attached hydrogens (tertiary/aromatic N) is 3. The average Bonchev–Trinajstić information content (AvgIpc) is 3.34. The number of nitrogens with one attached hydrogen (secondary N) is 1. The molecule has 0 atom stereocenters. The molecule has 1 aliphatic rings. The Bertz CT molecular complexity index is 956. The number of hydrogen-bond acceptors (Lipinski definition) is 7. The molecule has 8 heteroatoms. The van der Waals surface area contributed by atoms with E-state index in [-0.39, 0.29) is 12.0 Å². The van der Waals surface area contributed by atoms with Gasteiger partial charge in [-0.1, -0.05) is 11.8 Å². The van der Waals surface area contributed by atoms with Crippen molar-refractivity contribution in [1.82, 2.24) is 15.0 Å². The van der Waals surface area contributed by atoms with Crippen LogP contribution in [0.1, 0.15) is 41.0 Å². The van der Waals surface area contributed by atoms with E-state index >= 15 is 0 Å². The highest BCUT2D eigenvalue weighted by Crippen LogP contribution is 2.31. The number of anilines is 1. The molecule has 1 aliphatic carbocycles. The summed E-state index contributed by atoms with van der Waals surface area (Å²) in [4.78, 5) is 27.5. The van der Waals surface area contributed by atoms with Crippen molar-refractivity contribution < 1.29 is 9.53 Å². The molecule has 1 fully saturated rings. The molecule has 144 valence electrons. The predicted molar refractivity (Wildman–Crippen MR) is 110 cm³/mol. The second-order valence-electron chi connectivity index (χ2n) is 6.57. The zero-order valence-electron chi connectivity index (χ0n) is 15.4. The fourth-order valence-electron chi connectivity index (χ4n) is 3.02. The normalized spacial score (nSPS) is 14.2. The minimum absolute atomic E-state index is 0.207. The monoisotopic (exact) mass is 412 g/mol. The van der Waals surface area contributed by atoms with Crippen LogP contribution in [0.3, 0.4) is 0 Å². The smallest absolute Gasteiger partial charge is 0.276 e. The lowest BCUT2D eigenvalue weighted by Gasteiger charge is -2.15. The first-order valence-corrected chi connectivity index (χ1v) is 10.8. The predicted octanol–water partition coefficient (Wildman–Crippen LogP) is 4.97. The molecule has 0 saturated heterocycles. The first-order valence-electron chi connectivity index (χ1n) is 9.16. The van der Waals surface area contributed by atoms with E-state index in [1.807, 2.05) is 25.1 Å². The maximum Gasteiger partial charge on any atom is 0.276 e. The van der Waals surface area contributed by atoms with Crippen molar-refractivity contribution in [1.29, 1.82) is 0 Å². The van der Waals surface area contributed by atoms with E-state index in [0.717, 1.165) is 22.6 Å². The highest BCUT2D eigenvalue weighted by Gasteiger charge is 2.19. The van der Waals surface area contributed by atoms with Gasteiger partial charge in [0.15, 0.2) is 5.13 Å². The van der Waals surface area contributed by atoms with Crippen LogP contribution in [0, 0.1) is 6.92 Å². The van der Waals surface area contributed by atoms with Crippen LogP contribution in [0.5, 0.6) is 5.75 Å². The van der Waals surface area contributed by atoms with Crippen LogP contribution >= 0.6 is 23.1 Å². The fraction of sp³-hybridized carbons (Fsp3) is 0.300. The minimum atomic E-state index is -0.289. The van der Waals surface area contributed by atoms with Gasteiger partial charge in [-0.25, -0.2) is 9.97 Å². The maximum absolute atomic E-state index is 12.7. The van der Waals surface area contributed by atoms with E-state index in [2.05, 4.69) is 20.3 Å². The van der Waals surface area contributed by atoms with Gasteiger partial charge in [-0.2, -0.15) is 0 Å². The minimum Gasteiger partial charge on any atom is -0.490 e. The zero-order chi connectivity index (χ0) is 19.3.